The lowest BCUT2D eigenvalue weighted by atomic mass is 9.92. The van der Waals surface area contributed by atoms with E-state index in [0.29, 0.717) is 17.3 Å². The molecular weight excluding hydrogens is 418 g/mol. The van der Waals surface area contributed by atoms with Crippen LogP contribution in [0.1, 0.15) is 46.7 Å². The highest BCUT2D eigenvalue weighted by atomic mass is 16.6. The van der Waals surface area contributed by atoms with Gasteiger partial charge < -0.3 is 15.6 Å². The Hall–Kier alpha value is -3.71. The average molecular weight is 448 g/mol. The fourth-order valence-electron chi connectivity index (χ4n) is 3.70. The molecule has 0 aliphatic rings. The Labute approximate surface area is 193 Å². The number of aryl methyl sites for hydroxylation is 2. The zero-order valence-corrected chi connectivity index (χ0v) is 19.3. The van der Waals surface area contributed by atoms with Crippen molar-refractivity contribution in [1.29, 1.82) is 0 Å². The number of carboxylic acids is 1. The molecule has 2 aromatic carbocycles. The maximum atomic E-state index is 12.8. The molecule has 1 heterocycles. The molecule has 4 N–H and O–H groups in total. The van der Waals surface area contributed by atoms with Gasteiger partial charge in [-0.05, 0) is 55.5 Å². The van der Waals surface area contributed by atoms with Crippen molar-refractivity contribution in [2.75, 3.05) is 5.32 Å². The largest absolute Gasteiger partial charge is 0.478 e. The number of rotatable bonds is 7. The van der Waals surface area contributed by atoms with E-state index in [9.17, 15) is 9.59 Å². The predicted octanol–water partition coefficient (Wildman–Crippen LogP) is 5.33. The van der Waals surface area contributed by atoms with Crippen molar-refractivity contribution in [3.05, 3.63) is 76.6 Å². The molecule has 0 unspecified atom stereocenters. The van der Waals surface area contributed by atoms with Gasteiger partial charge in [0.05, 0.1) is 16.9 Å². The van der Waals surface area contributed by atoms with Crippen molar-refractivity contribution in [2.45, 2.75) is 40.7 Å². The molecule has 0 aliphatic heterocycles. The Morgan fingerprint density at radius 3 is 2.42 bits per heavy atom. The Morgan fingerprint density at radius 1 is 1.12 bits per heavy atom. The number of pyridine rings is 1. The van der Waals surface area contributed by atoms with E-state index in [0.717, 1.165) is 34.4 Å². The van der Waals surface area contributed by atoms with Gasteiger partial charge in [-0.15, -0.1) is 0 Å². The van der Waals surface area contributed by atoms with Crippen LogP contribution in [0.3, 0.4) is 0 Å². The van der Waals surface area contributed by atoms with Crippen LogP contribution in [0.15, 0.2) is 48.5 Å². The smallest absolute Gasteiger partial charge is 0.417 e. The molecule has 3 rings (SSSR count). The first kappa shape index (κ1) is 23.9. The number of hydrogen-bond acceptors (Lipinski definition) is 5. The third-order valence-electron chi connectivity index (χ3n) is 5.23. The van der Waals surface area contributed by atoms with Gasteiger partial charge in [-0.25, -0.2) is 9.59 Å². The molecule has 33 heavy (non-hydrogen) atoms. The summed E-state index contributed by atoms with van der Waals surface area (Å²) >= 11 is 0. The van der Waals surface area contributed by atoms with Gasteiger partial charge in [-0.2, -0.15) is 0 Å². The Morgan fingerprint density at radius 2 is 1.82 bits per heavy atom. The minimum Gasteiger partial charge on any atom is -0.478 e. The molecule has 7 heteroatoms. The molecule has 0 saturated heterocycles. The SMILES string of the molecule is Cc1ccc(-c2c(CN)c(CC(C)C)nc(C)c2NC(=O)Oc2cccc(C(=O)O)c2)cc1. The topological polar surface area (TPSA) is 115 Å². The third kappa shape index (κ3) is 5.75. The first-order chi connectivity index (χ1) is 15.7. The van der Waals surface area contributed by atoms with Crippen LogP contribution >= 0.6 is 0 Å². The van der Waals surface area contributed by atoms with Crippen molar-refractivity contribution >= 4 is 17.7 Å². The van der Waals surface area contributed by atoms with Crippen molar-refractivity contribution in [3.63, 3.8) is 0 Å². The van der Waals surface area contributed by atoms with Crippen molar-refractivity contribution < 1.29 is 19.4 Å². The summed E-state index contributed by atoms with van der Waals surface area (Å²) in [5, 5.41) is 12.0. The number of carbonyl (C=O) groups excluding carboxylic acids is 1. The van der Waals surface area contributed by atoms with Gasteiger partial charge in [0.2, 0.25) is 0 Å². The second kappa shape index (κ2) is 10.3. The summed E-state index contributed by atoms with van der Waals surface area (Å²) in [6.07, 6.45) is 0.0225. The molecule has 7 nitrogen and oxygen atoms in total. The molecular formula is C26H29N3O4. The van der Waals surface area contributed by atoms with E-state index >= 15 is 0 Å². The van der Waals surface area contributed by atoms with Crippen molar-refractivity contribution in [1.82, 2.24) is 4.98 Å². The molecule has 0 radical (unpaired) electrons. The molecule has 3 aromatic rings. The van der Waals surface area contributed by atoms with E-state index in [1.54, 1.807) is 0 Å². The Bertz CT molecular complexity index is 1170. The maximum absolute atomic E-state index is 12.8. The molecule has 0 fully saturated rings. The quantitative estimate of drug-likeness (QED) is 0.451. The summed E-state index contributed by atoms with van der Waals surface area (Å²) in [6, 6.07) is 13.8. The summed E-state index contributed by atoms with van der Waals surface area (Å²) in [5.41, 5.74) is 12.0. The lowest BCUT2D eigenvalue weighted by molar-refractivity contribution is 0.0696. The number of amides is 1. The molecule has 0 bridgehead atoms. The highest BCUT2D eigenvalue weighted by Gasteiger charge is 2.21. The lowest BCUT2D eigenvalue weighted by Crippen LogP contribution is -2.20. The zero-order valence-electron chi connectivity index (χ0n) is 19.3. The summed E-state index contributed by atoms with van der Waals surface area (Å²) in [7, 11) is 0. The molecule has 0 atom stereocenters. The summed E-state index contributed by atoms with van der Waals surface area (Å²) in [5.74, 6) is -0.584. The number of ether oxygens (including phenoxy) is 1. The Kier molecular flexibility index (Phi) is 7.45. The average Bonchev–Trinajstić information content (AvgIpc) is 2.75. The molecule has 0 saturated carbocycles. The van der Waals surface area contributed by atoms with Crippen molar-refractivity contribution in [2.24, 2.45) is 11.7 Å². The standard InChI is InChI=1S/C26H29N3O4/c1-15(2)12-22-21(14-27)23(18-10-8-16(3)9-11-18)24(17(4)28-22)29-26(32)33-20-7-5-6-19(13-20)25(30)31/h5-11,13,15H,12,14,27H2,1-4H3,(H,29,32)(H,30,31). The van der Waals surface area contributed by atoms with E-state index in [1.165, 1.54) is 24.3 Å². The van der Waals surface area contributed by atoms with Gasteiger partial charge in [0, 0.05) is 17.8 Å². The van der Waals surface area contributed by atoms with Gasteiger partial charge in [0.25, 0.3) is 0 Å². The van der Waals surface area contributed by atoms with Gasteiger partial charge in [0.15, 0.2) is 0 Å². The fraction of sp³-hybridized carbons (Fsp3) is 0.269. The van der Waals surface area contributed by atoms with E-state index < -0.39 is 12.1 Å². The predicted molar refractivity (Wildman–Crippen MR) is 129 cm³/mol. The van der Waals surface area contributed by atoms with E-state index in [2.05, 4.69) is 19.2 Å². The van der Waals surface area contributed by atoms with Crippen LogP contribution in [0.2, 0.25) is 0 Å². The molecule has 0 spiro atoms. The molecule has 172 valence electrons. The van der Waals surface area contributed by atoms with Crippen molar-refractivity contribution in [3.8, 4) is 16.9 Å². The van der Waals surface area contributed by atoms with Crippen LogP contribution in [0, 0.1) is 19.8 Å². The van der Waals surface area contributed by atoms with Gasteiger partial charge in [-0.3, -0.25) is 10.3 Å². The minimum absolute atomic E-state index is 0.0296. The first-order valence-corrected chi connectivity index (χ1v) is 10.8. The number of aromatic carboxylic acids is 1. The number of aromatic nitrogens is 1. The molecule has 0 aliphatic carbocycles. The number of nitrogens with two attached hydrogens (primary N) is 1. The number of nitrogens with one attached hydrogen (secondary N) is 1. The van der Waals surface area contributed by atoms with E-state index in [1.807, 2.05) is 38.1 Å². The number of hydrogen-bond donors (Lipinski definition) is 3. The normalized spacial score (nSPS) is 10.8. The van der Waals surface area contributed by atoms with Gasteiger partial charge in [-0.1, -0.05) is 49.7 Å². The number of benzene rings is 2. The maximum Gasteiger partial charge on any atom is 0.417 e. The summed E-state index contributed by atoms with van der Waals surface area (Å²) < 4.78 is 5.37. The van der Waals surface area contributed by atoms with Crippen LogP contribution in [0.4, 0.5) is 10.5 Å². The van der Waals surface area contributed by atoms with Crippen LogP contribution in [-0.2, 0) is 13.0 Å². The second-order valence-corrected chi connectivity index (χ2v) is 8.39. The molecule has 1 amide bonds. The second-order valence-electron chi connectivity index (χ2n) is 8.39. The molecule has 1 aromatic heterocycles. The number of anilines is 1. The van der Waals surface area contributed by atoms with Gasteiger partial charge >= 0.3 is 12.1 Å². The minimum atomic E-state index is -1.10. The first-order valence-electron chi connectivity index (χ1n) is 10.8. The Balaban J connectivity index is 2.04. The summed E-state index contributed by atoms with van der Waals surface area (Å²) in [6.45, 7) is 8.36. The van der Waals surface area contributed by atoms with Crippen LogP contribution in [0.25, 0.3) is 11.1 Å². The van der Waals surface area contributed by atoms with E-state index in [4.69, 9.17) is 20.6 Å². The van der Waals surface area contributed by atoms with Crippen LogP contribution in [-0.4, -0.2) is 22.2 Å². The number of carbonyl (C=O) groups is 2. The fourth-order valence-corrected chi connectivity index (χ4v) is 3.70. The third-order valence-corrected chi connectivity index (χ3v) is 5.23. The highest BCUT2D eigenvalue weighted by Crippen LogP contribution is 2.36. The number of carboxylic acid groups (broad SMARTS) is 1. The lowest BCUT2D eigenvalue weighted by Gasteiger charge is -2.21. The van der Waals surface area contributed by atoms with E-state index in [-0.39, 0.29) is 17.9 Å². The van der Waals surface area contributed by atoms with Crippen LogP contribution < -0.4 is 15.8 Å². The van der Waals surface area contributed by atoms with Crippen LogP contribution in [0.5, 0.6) is 5.75 Å². The monoisotopic (exact) mass is 447 g/mol. The van der Waals surface area contributed by atoms with Gasteiger partial charge in [0.1, 0.15) is 5.75 Å². The number of nitrogens with zero attached hydrogens (tertiary/aromatic N) is 1. The highest BCUT2D eigenvalue weighted by molar-refractivity contribution is 5.95. The summed E-state index contributed by atoms with van der Waals surface area (Å²) in [4.78, 5) is 28.7. The zero-order chi connectivity index (χ0) is 24.1.